The number of likely N-dealkylation sites (tertiary alicyclic amines) is 1. The smallest absolute Gasteiger partial charge is 0.0519 e. The van der Waals surface area contributed by atoms with Crippen molar-refractivity contribution < 1.29 is 0 Å². The molecule has 0 saturated carbocycles. The minimum atomic E-state index is 0.715. The Balaban J connectivity index is 1.51. The molecule has 21 heavy (non-hydrogen) atoms. The van der Waals surface area contributed by atoms with Crippen molar-refractivity contribution in [3.63, 3.8) is 0 Å². The number of hydrogen-bond acceptors (Lipinski definition) is 3. The van der Waals surface area contributed by atoms with E-state index in [1.165, 1.54) is 43.5 Å². The normalized spacial score (nSPS) is 19.7. The third kappa shape index (κ3) is 4.14. The molecule has 1 aliphatic rings. The van der Waals surface area contributed by atoms with Gasteiger partial charge in [-0.1, -0.05) is 12.5 Å². The molecule has 0 bridgehead atoms. The molecule has 3 heterocycles. The second kappa shape index (κ2) is 7.36. The van der Waals surface area contributed by atoms with Crippen LogP contribution in [0.25, 0.3) is 0 Å². The highest BCUT2D eigenvalue weighted by atomic mass is 15.2. The van der Waals surface area contributed by atoms with Gasteiger partial charge >= 0.3 is 0 Å². The monoisotopic (exact) mass is 284 g/mol. The van der Waals surface area contributed by atoms with Gasteiger partial charge in [0.25, 0.3) is 0 Å². The first-order valence-corrected chi connectivity index (χ1v) is 8.03. The largest absolute Gasteiger partial charge is 0.300 e. The quantitative estimate of drug-likeness (QED) is 0.887. The first-order valence-electron chi connectivity index (χ1n) is 8.03. The summed E-state index contributed by atoms with van der Waals surface area (Å²) in [6.45, 7) is 2.39. The number of H-pyrrole nitrogens is 1. The Kier molecular flexibility index (Phi) is 5.00. The summed E-state index contributed by atoms with van der Waals surface area (Å²) in [5, 5.41) is 6.93. The molecular formula is C17H24N4. The van der Waals surface area contributed by atoms with E-state index >= 15 is 0 Å². The molecule has 0 spiro atoms. The van der Waals surface area contributed by atoms with E-state index < -0.39 is 0 Å². The lowest BCUT2D eigenvalue weighted by Gasteiger charge is -2.35. The topological polar surface area (TPSA) is 44.8 Å². The molecule has 4 heteroatoms. The summed E-state index contributed by atoms with van der Waals surface area (Å²) >= 11 is 0. The summed E-state index contributed by atoms with van der Waals surface area (Å²) in [5.41, 5.74) is 2.53. The molecule has 4 nitrogen and oxygen atoms in total. The molecule has 112 valence electrons. The summed E-state index contributed by atoms with van der Waals surface area (Å²) < 4.78 is 0. The summed E-state index contributed by atoms with van der Waals surface area (Å²) in [7, 11) is 0. The predicted molar refractivity (Wildman–Crippen MR) is 84.1 cm³/mol. The Morgan fingerprint density at radius 3 is 3.05 bits per heavy atom. The summed E-state index contributed by atoms with van der Waals surface area (Å²) in [6.07, 6.45) is 13.3. The van der Waals surface area contributed by atoms with E-state index in [-0.39, 0.29) is 0 Å². The maximum atomic E-state index is 4.44. The second-order valence-electron chi connectivity index (χ2n) is 5.90. The van der Waals surface area contributed by atoms with Crippen molar-refractivity contribution in [1.82, 2.24) is 20.1 Å². The first kappa shape index (κ1) is 14.3. The molecule has 1 fully saturated rings. The zero-order valence-corrected chi connectivity index (χ0v) is 12.5. The first-order chi connectivity index (χ1) is 10.4. The standard InChI is InChI=1S/C17H24N4/c1-3-10-18-16(5-1)7-8-17-6-2-4-11-21(17)12-9-15-13-19-20-14-15/h1,3,5,10,13-14,17H,2,4,6-9,11-12H2,(H,19,20)/t17-/m1/s1. The number of aromatic amines is 1. The van der Waals surface area contributed by atoms with Gasteiger partial charge in [-0.05, 0) is 56.3 Å². The van der Waals surface area contributed by atoms with Crippen molar-refractivity contribution in [2.75, 3.05) is 13.1 Å². The zero-order chi connectivity index (χ0) is 14.3. The van der Waals surface area contributed by atoms with Crippen molar-refractivity contribution in [3.8, 4) is 0 Å². The number of aromatic nitrogens is 3. The van der Waals surface area contributed by atoms with Gasteiger partial charge < -0.3 is 4.90 Å². The van der Waals surface area contributed by atoms with Crippen LogP contribution in [0.4, 0.5) is 0 Å². The van der Waals surface area contributed by atoms with E-state index in [9.17, 15) is 0 Å². The molecule has 0 radical (unpaired) electrons. The van der Waals surface area contributed by atoms with E-state index in [0.717, 1.165) is 19.4 Å². The highest BCUT2D eigenvalue weighted by Crippen LogP contribution is 2.21. The molecule has 3 rings (SSSR count). The van der Waals surface area contributed by atoms with Crippen LogP contribution in [0.5, 0.6) is 0 Å². The van der Waals surface area contributed by atoms with Gasteiger partial charge in [0.05, 0.1) is 6.20 Å². The number of nitrogens with zero attached hydrogens (tertiary/aromatic N) is 3. The van der Waals surface area contributed by atoms with Gasteiger partial charge in [0, 0.05) is 30.7 Å². The van der Waals surface area contributed by atoms with Crippen molar-refractivity contribution in [2.45, 2.75) is 44.6 Å². The zero-order valence-electron chi connectivity index (χ0n) is 12.5. The minimum Gasteiger partial charge on any atom is -0.300 e. The Morgan fingerprint density at radius 2 is 2.24 bits per heavy atom. The molecule has 2 aromatic rings. The number of aryl methyl sites for hydroxylation is 1. The number of piperidine rings is 1. The van der Waals surface area contributed by atoms with Crippen molar-refractivity contribution >= 4 is 0 Å². The van der Waals surface area contributed by atoms with Gasteiger partial charge in [0.15, 0.2) is 0 Å². The fourth-order valence-electron chi connectivity index (χ4n) is 3.23. The lowest BCUT2D eigenvalue weighted by molar-refractivity contribution is 0.142. The number of nitrogens with one attached hydrogen (secondary N) is 1. The second-order valence-corrected chi connectivity index (χ2v) is 5.90. The molecule has 0 aromatic carbocycles. The van der Waals surface area contributed by atoms with Crippen LogP contribution in [0.3, 0.4) is 0 Å². The van der Waals surface area contributed by atoms with Crippen LogP contribution in [0, 0.1) is 0 Å². The molecule has 0 amide bonds. The minimum absolute atomic E-state index is 0.715. The predicted octanol–water partition coefficient (Wildman–Crippen LogP) is 2.83. The molecule has 1 saturated heterocycles. The van der Waals surface area contributed by atoms with Crippen LogP contribution in [-0.4, -0.2) is 39.2 Å². The average Bonchev–Trinajstić information content (AvgIpc) is 3.06. The maximum Gasteiger partial charge on any atom is 0.0519 e. The van der Waals surface area contributed by atoms with Crippen LogP contribution < -0.4 is 0 Å². The maximum absolute atomic E-state index is 4.44. The van der Waals surface area contributed by atoms with Crippen LogP contribution in [0.15, 0.2) is 36.8 Å². The Bertz CT molecular complexity index is 509. The van der Waals surface area contributed by atoms with Crippen LogP contribution in [0.2, 0.25) is 0 Å². The van der Waals surface area contributed by atoms with E-state index in [2.05, 4.69) is 32.2 Å². The van der Waals surface area contributed by atoms with E-state index in [4.69, 9.17) is 0 Å². The summed E-state index contributed by atoms with van der Waals surface area (Å²) in [6, 6.07) is 6.92. The average molecular weight is 284 g/mol. The number of rotatable bonds is 6. The van der Waals surface area contributed by atoms with E-state index in [1.54, 1.807) is 0 Å². The van der Waals surface area contributed by atoms with E-state index in [0.29, 0.717) is 6.04 Å². The van der Waals surface area contributed by atoms with Crippen molar-refractivity contribution in [2.24, 2.45) is 0 Å². The third-order valence-corrected chi connectivity index (χ3v) is 4.45. The highest BCUT2D eigenvalue weighted by Gasteiger charge is 2.21. The van der Waals surface area contributed by atoms with Gasteiger partial charge in [-0.15, -0.1) is 0 Å². The number of hydrogen-bond donors (Lipinski definition) is 1. The lowest BCUT2D eigenvalue weighted by Crippen LogP contribution is -2.41. The number of pyridine rings is 1. The van der Waals surface area contributed by atoms with Gasteiger partial charge in [0.1, 0.15) is 0 Å². The van der Waals surface area contributed by atoms with Gasteiger partial charge in [-0.2, -0.15) is 5.10 Å². The molecule has 1 N–H and O–H groups in total. The summed E-state index contributed by atoms with van der Waals surface area (Å²) in [5.74, 6) is 0. The summed E-state index contributed by atoms with van der Waals surface area (Å²) in [4.78, 5) is 7.11. The molecular weight excluding hydrogens is 260 g/mol. The molecule has 0 aliphatic carbocycles. The molecule has 2 aromatic heterocycles. The Hall–Kier alpha value is -1.68. The third-order valence-electron chi connectivity index (χ3n) is 4.45. The Morgan fingerprint density at radius 1 is 1.24 bits per heavy atom. The fraction of sp³-hybridized carbons (Fsp3) is 0.529. The van der Waals surface area contributed by atoms with Crippen molar-refractivity contribution in [3.05, 3.63) is 48.0 Å². The Labute approximate surface area is 126 Å². The van der Waals surface area contributed by atoms with Crippen molar-refractivity contribution in [1.29, 1.82) is 0 Å². The van der Waals surface area contributed by atoms with Gasteiger partial charge in [-0.25, -0.2) is 0 Å². The lowest BCUT2D eigenvalue weighted by atomic mass is 9.96. The SMILES string of the molecule is c1ccc(CC[C@H]2CCCCN2CCc2cn[nH]c2)nc1. The molecule has 1 atom stereocenters. The molecule has 0 unspecified atom stereocenters. The molecule has 1 aliphatic heterocycles. The highest BCUT2D eigenvalue weighted by molar-refractivity contribution is 5.05. The van der Waals surface area contributed by atoms with Crippen LogP contribution in [-0.2, 0) is 12.8 Å². The van der Waals surface area contributed by atoms with E-state index in [1.807, 2.05) is 24.7 Å². The van der Waals surface area contributed by atoms with Crippen LogP contribution in [0.1, 0.15) is 36.9 Å². The van der Waals surface area contributed by atoms with Crippen LogP contribution >= 0.6 is 0 Å². The fourth-order valence-corrected chi connectivity index (χ4v) is 3.23. The van der Waals surface area contributed by atoms with Gasteiger partial charge in [-0.3, -0.25) is 10.1 Å². The van der Waals surface area contributed by atoms with Gasteiger partial charge in [0.2, 0.25) is 0 Å².